The van der Waals surface area contributed by atoms with Crippen molar-refractivity contribution in [2.75, 3.05) is 0 Å². The molecule has 1 N–H and O–H groups in total. The van der Waals surface area contributed by atoms with Crippen LogP contribution in [0.2, 0.25) is 0 Å². The normalized spacial score (nSPS) is 27.4. The third-order valence-corrected chi connectivity index (χ3v) is 5.01. The number of benzene rings is 1. The highest BCUT2D eigenvalue weighted by molar-refractivity contribution is 6.08. The van der Waals surface area contributed by atoms with Crippen molar-refractivity contribution in [2.45, 2.75) is 33.1 Å². The van der Waals surface area contributed by atoms with Crippen molar-refractivity contribution >= 4 is 16.7 Å². The second-order valence-electron chi connectivity index (χ2n) is 7.01. The molecule has 4 rings (SSSR count). The molecule has 2 heteroatoms. The molecule has 0 fully saturated rings. The van der Waals surface area contributed by atoms with Gasteiger partial charge in [-0.1, -0.05) is 43.7 Å². The van der Waals surface area contributed by atoms with E-state index in [-0.39, 0.29) is 17.3 Å². The van der Waals surface area contributed by atoms with Gasteiger partial charge >= 0.3 is 0 Å². The fourth-order valence-corrected chi connectivity index (χ4v) is 4.40. The van der Waals surface area contributed by atoms with Gasteiger partial charge in [-0.2, -0.15) is 0 Å². The molecular formula is C18H19NO. The molecule has 1 aromatic carbocycles. The number of carbonyl (C=O) groups is 1. The van der Waals surface area contributed by atoms with Gasteiger partial charge in [0.05, 0.1) is 5.69 Å². The molecule has 0 amide bonds. The van der Waals surface area contributed by atoms with Crippen LogP contribution in [0.5, 0.6) is 0 Å². The number of nitrogens with one attached hydrogen (secondary N) is 1. The summed E-state index contributed by atoms with van der Waals surface area (Å²) < 4.78 is 0. The number of hydrogen-bond donors (Lipinski definition) is 1. The largest absolute Gasteiger partial charge is 0.352 e. The number of aromatic amines is 1. The highest BCUT2D eigenvalue weighted by Gasteiger charge is 2.50. The van der Waals surface area contributed by atoms with Crippen molar-refractivity contribution in [3.05, 3.63) is 47.2 Å². The fourth-order valence-electron chi connectivity index (χ4n) is 4.40. The SMILES string of the molecule is CC1=C[C@H]2c3c([nH]c4ccccc34)C(=O)[C@@H]2C(C)(C)C1. The quantitative estimate of drug-likeness (QED) is 0.702. The van der Waals surface area contributed by atoms with Gasteiger partial charge in [-0.3, -0.25) is 4.79 Å². The van der Waals surface area contributed by atoms with Gasteiger partial charge in [0, 0.05) is 22.7 Å². The lowest BCUT2D eigenvalue weighted by molar-refractivity contribution is 0.0787. The Bertz CT molecular complexity index is 763. The van der Waals surface area contributed by atoms with Crippen LogP contribution in [0.25, 0.3) is 10.9 Å². The summed E-state index contributed by atoms with van der Waals surface area (Å²) in [6, 6.07) is 8.26. The van der Waals surface area contributed by atoms with E-state index in [2.05, 4.69) is 50.0 Å². The van der Waals surface area contributed by atoms with Gasteiger partial charge in [0.15, 0.2) is 5.78 Å². The second kappa shape index (κ2) is 3.63. The lowest BCUT2D eigenvalue weighted by atomic mass is 9.64. The number of carbonyl (C=O) groups excluding carboxylic acids is 1. The molecular weight excluding hydrogens is 246 g/mol. The summed E-state index contributed by atoms with van der Waals surface area (Å²) in [5.41, 5.74) is 4.60. The predicted octanol–water partition coefficient (Wildman–Crippen LogP) is 4.44. The van der Waals surface area contributed by atoms with Crippen LogP contribution in [0.3, 0.4) is 0 Å². The zero-order valence-electron chi connectivity index (χ0n) is 12.2. The minimum absolute atomic E-state index is 0.0432. The number of H-pyrrole nitrogens is 1. The van der Waals surface area contributed by atoms with Crippen molar-refractivity contribution in [1.29, 1.82) is 0 Å². The van der Waals surface area contributed by atoms with E-state index in [0.29, 0.717) is 5.78 Å². The van der Waals surface area contributed by atoms with E-state index in [1.165, 1.54) is 16.5 Å². The number of Topliss-reactive ketones (excluding diaryl/α,β-unsaturated/α-hetero) is 1. The van der Waals surface area contributed by atoms with E-state index < -0.39 is 0 Å². The summed E-state index contributed by atoms with van der Waals surface area (Å²) in [6.07, 6.45) is 3.34. The van der Waals surface area contributed by atoms with E-state index in [0.717, 1.165) is 17.6 Å². The summed E-state index contributed by atoms with van der Waals surface area (Å²) in [5, 5.41) is 1.21. The highest BCUT2D eigenvalue weighted by atomic mass is 16.1. The maximum absolute atomic E-state index is 12.9. The third-order valence-electron chi connectivity index (χ3n) is 5.01. The molecule has 0 saturated heterocycles. The number of rotatable bonds is 0. The second-order valence-corrected chi connectivity index (χ2v) is 7.01. The van der Waals surface area contributed by atoms with Crippen molar-refractivity contribution in [3.8, 4) is 0 Å². The first-order valence-corrected chi connectivity index (χ1v) is 7.31. The van der Waals surface area contributed by atoms with Gasteiger partial charge in [-0.25, -0.2) is 0 Å². The molecule has 2 aliphatic carbocycles. The molecule has 2 nitrogen and oxygen atoms in total. The maximum atomic E-state index is 12.9. The molecule has 0 bridgehead atoms. The average Bonchev–Trinajstić information content (AvgIpc) is 2.86. The van der Waals surface area contributed by atoms with Crippen molar-refractivity contribution in [1.82, 2.24) is 4.98 Å². The number of hydrogen-bond acceptors (Lipinski definition) is 1. The zero-order chi connectivity index (χ0) is 14.1. The van der Waals surface area contributed by atoms with E-state index in [4.69, 9.17) is 0 Å². The Hall–Kier alpha value is -1.83. The molecule has 0 saturated carbocycles. The molecule has 0 aliphatic heterocycles. The third kappa shape index (κ3) is 1.37. The molecule has 2 aliphatic rings. The first-order valence-electron chi connectivity index (χ1n) is 7.31. The topological polar surface area (TPSA) is 32.9 Å². The number of allylic oxidation sites excluding steroid dienone is 2. The summed E-state index contributed by atoms with van der Waals surface area (Å²) in [6.45, 7) is 6.65. The van der Waals surface area contributed by atoms with Crippen LogP contribution >= 0.6 is 0 Å². The lowest BCUT2D eigenvalue weighted by Crippen LogP contribution is -2.34. The molecule has 0 radical (unpaired) electrons. The summed E-state index contributed by atoms with van der Waals surface area (Å²) in [4.78, 5) is 16.2. The Morgan fingerprint density at radius 1 is 1.25 bits per heavy atom. The molecule has 1 aromatic heterocycles. The van der Waals surface area contributed by atoms with Crippen LogP contribution in [0.1, 0.15) is 49.2 Å². The lowest BCUT2D eigenvalue weighted by Gasteiger charge is -2.38. The van der Waals surface area contributed by atoms with Crippen molar-refractivity contribution in [3.63, 3.8) is 0 Å². The molecule has 2 atom stereocenters. The fraction of sp³-hybridized carbons (Fsp3) is 0.389. The highest BCUT2D eigenvalue weighted by Crippen LogP contribution is 2.54. The van der Waals surface area contributed by atoms with E-state index in [1.807, 2.05) is 6.07 Å². The number of para-hydroxylation sites is 1. The number of fused-ring (bicyclic) bond motifs is 5. The van der Waals surface area contributed by atoms with Gasteiger partial charge in [0.1, 0.15) is 0 Å². The van der Waals surface area contributed by atoms with Gasteiger partial charge < -0.3 is 4.98 Å². The minimum Gasteiger partial charge on any atom is -0.352 e. The predicted molar refractivity (Wildman–Crippen MR) is 81.0 cm³/mol. The molecule has 0 unspecified atom stereocenters. The smallest absolute Gasteiger partial charge is 0.183 e. The van der Waals surface area contributed by atoms with Gasteiger partial charge in [0.25, 0.3) is 0 Å². The van der Waals surface area contributed by atoms with E-state index >= 15 is 0 Å². The summed E-state index contributed by atoms with van der Waals surface area (Å²) in [5.74, 6) is 0.643. The van der Waals surface area contributed by atoms with E-state index in [9.17, 15) is 4.79 Å². The average molecular weight is 265 g/mol. The molecule has 20 heavy (non-hydrogen) atoms. The van der Waals surface area contributed by atoms with Crippen LogP contribution in [0, 0.1) is 11.3 Å². The number of aromatic nitrogens is 1. The van der Waals surface area contributed by atoms with Crippen LogP contribution in [0.4, 0.5) is 0 Å². The Balaban J connectivity index is 2.02. The first kappa shape index (κ1) is 12.0. The van der Waals surface area contributed by atoms with Crippen LogP contribution in [-0.2, 0) is 0 Å². The van der Waals surface area contributed by atoms with E-state index in [1.54, 1.807) is 0 Å². The van der Waals surface area contributed by atoms with Gasteiger partial charge in [0.2, 0.25) is 0 Å². The van der Waals surface area contributed by atoms with Crippen molar-refractivity contribution in [2.24, 2.45) is 11.3 Å². The summed E-state index contributed by atoms with van der Waals surface area (Å²) in [7, 11) is 0. The first-order chi connectivity index (χ1) is 9.49. The van der Waals surface area contributed by atoms with Crippen LogP contribution in [-0.4, -0.2) is 10.8 Å². The molecule has 0 spiro atoms. The molecule has 2 aromatic rings. The summed E-state index contributed by atoms with van der Waals surface area (Å²) >= 11 is 0. The molecule has 1 heterocycles. The minimum atomic E-state index is 0.0432. The van der Waals surface area contributed by atoms with Gasteiger partial charge in [-0.05, 0) is 30.4 Å². The Kier molecular flexibility index (Phi) is 2.17. The van der Waals surface area contributed by atoms with Gasteiger partial charge in [-0.15, -0.1) is 0 Å². The monoisotopic (exact) mass is 265 g/mol. The standard InChI is InChI=1S/C18H19NO/c1-10-8-12-14-11-6-4-5-7-13(11)19-16(14)17(20)15(12)18(2,3)9-10/h4-8,12,15,19H,9H2,1-3H3/t12-,15+/m0/s1. The van der Waals surface area contributed by atoms with Crippen LogP contribution in [0.15, 0.2) is 35.9 Å². The Morgan fingerprint density at radius 3 is 2.80 bits per heavy atom. The molecule has 102 valence electrons. The number of ketones is 1. The zero-order valence-corrected chi connectivity index (χ0v) is 12.2. The Morgan fingerprint density at radius 2 is 2.00 bits per heavy atom. The van der Waals surface area contributed by atoms with Crippen LogP contribution < -0.4 is 0 Å². The van der Waals surface area contributed by atoms with Crippen molar-refractivity contribution < 1.29 is 4.79 Å². The maximum Gasteiger partial charge on any atom is 0.183 e. The Labute approximate surface area is 118 Å².